The minimum atomic E-state index is -4.89. The van der Waals surface area contributed by atoms with E-state index in [0.29, 0.717) is 0 Å². The van der Waals surface area contributed by atoms with E-state index in [4.69, 9.17) is 11.6 Å². The predicted octanol–water partition coefficient (Wildman–Crippen LogP) is 3.25. The fourth-order valence-corrected chi connectivity index (χ4v) is 4.84. The molecule has 1 amide bonds. The van der Waals surface area contributed by atoms with Gasteiger partial charge in [-0.25, -0.2) is 13.1 Å². The van der Waals surface area contributed by atoms with Gasteiger partial charge >= 0.3 is 6.18 Å². The molecule has 0 saturated heterocycles. The molecule has 3 rings (SSSR count). The highest BCUT2D eigenvalue weighted by atomic mass is 35.5. The van der Waals surface area contributed by atoms with Crippen LogP contribution in [0.2, 0.25) is 5.02 Å². The topological polar surface area (TPSA) is 123 Å². The summed E-state index contributed by atoms with van der Waals surface area (Å²) in [4.78, 5) is 28.1. The fraction of sp³-hybridized carbons (Fsp3) is 0.273. The van der Waals surface area contributed by atoms with E-state index < -0.39 is 51.1 Å². The minimum Gasteiger partial charge on any atom is -0.324 e. The van der Waals surface area contributed by atoms with Gasteiger partial charge in [0.15, 0.2) is 0 Å². The van der Waals surface area contributed by atoms with Crippen LogP contribution in [0.3, 0.4) is 0 Å². The van der Waals surface area contributed by atoms with Gasteiger partial charge in [0.05, 0.1) is 16.1 Å². The van der Waals surface area contributed by atoms with Crippen molar-refractivity contribution in [3.63, 3.8) is 0 Å². The van der Waals surface area contributed by atoms with Crippen LogP contribution in [-0.4, -0.2) is 41.3 Å². The van der Waals surface area contributed by atoms with Crippen molar-refractivity contribution < 1.29 is 26.4 Å². The Balaban J connectivity index is 1.85. The summed E-state index contributed by atoms with van der Waals surface area (Å²) in [6, 6.07) is 5.68. The van der Waals surface area contributed by atoms with E-state index in [0.717, 1.165) is 16.8 Å². The van der Waals surface area contributed by atoms with Crippen LogP contribution in [0.1, 0.15) is 24.2 Å². The van der Waals surface area contributed by atoms with Crippen molar-refractivity contribution in [1.82, 2.24) is 19.5 Å². The van der Waals surface area contributed by atoms with Crippen LogP contribution in [0.25, 0.3) is 0 Å². The lowest BCUT2D eigenvalue weighted by atomic mass is 10.1. The molecule has 0 unspecified atom stereocenters. The largest absolute Gasteiger partial charge is 0.405 e. The highest BCUT2D eigenvalue weighted by Gasteiger charge is 2.42. The van der Waals surface area contributed by atoms with Crippen LogP contribution >= 0.6 is 11.6 Å². The van der Waals surface area contributed by atoms with Crippen molar-refractivity contribution in [3.8, 4) is 0 Å². The van der Waals surface area contributed by atoms with Gasteiger partial charge in [0, 0.05) is 30.1 Å². The molecule has 0 aliphatic carbocycles. The number of aromatic nitrogens is 3. The average Bonchev–Trinajstić information content (AvgIpc) is 2.79. The molecule has 2 atom stereocenters. The molecular formula is C22H21ClF3N5O4S. The van der Waals surface area contributed by atoms with Crippen molar-refractivity contribution in [2.24, 2.45) is 0 Å². The fourth-order valence-electron chi connectivity index (χ4n) is 3.21. The molecule has 0 bridgehead atoms. The maximum absolute atomic E-state index is 13.7. The second-order valence-electron chi connectivity index (χ2n) is 7.84. The molecule has 0 aliphatic rings. The number of rotatable bonds is 8. The number of halogens is 4. The molecule has 192 valence electrons. The first-order valence-electron chi connectivity index (χ1n) is 10.4. The van der Waals surface area contributed by atoms with Crippen LogP contribution in [-0.2, 0) is 21.2 Å². The van der Waals surface area contributed by atoms with E-state index in [2.05, 4.69) is 15.4 Å². The molecule has 0 aliphatic heterocycles. The van der Waals surface area contributed by atoms with E-state index in [1.807, 2.05) is 0 Å². The molecule has 2 aromatic heterocycles. The summed E-state index contributed by atoms with van der Waals surface area (Å²) < 4.78 is 69.5. The van der Waals surface area contributed by atoms with Gasteiger partial charge < -0.3 is 5.32 Å². The third-order valence-electron chi connectivity index (χ3n) is 5.12. The highest BCUT2D eigenvalue weighted by Crippen LogP contribution is 2.27. The maximum Gasteiger partial charge on any atom is 0.405 e. The molecule has 14 heteroatoms. The van der Waals surface area contributed by atoms with Crippen LogP contribution in [0, 0.1) is 6.92 Å². The number of amides is 1. The zero-order valence-electron chi connectivity index (χ0n) is 19.0. The van der Waals surface area contributed by atoms with E-state index in [1.54, 1.807) is 4.72 Å². The lowest BCUT2D eigenvalue weighted by Crippen LogP contribution is -2.47. The number of nitrogens with zero attached hydrogens (tertiary/aromatic N) is 3. The molecule has 0 fully saturated rings. The highest BCUT2D eigenvalue weighted by molar-refractivity contribution is 7.89. The van der Waals surface area contributed by atoms with Crippen molar-refractivity contribution >= 4 is 33.2 Å². The first kappa shape index (κ1) is 27.3. The summed E-state index contributed by atoms with van der Waals surface area (Å²) in [5.41, 5.74) is -0.427. The van der Waals surface area contributed by atoms with Crippen molar-refractivity contribution in [2.45, 2.75) is 43.4 Å². The summed E-state index contributed by atoms with van der Waals surface area (Å²) in [7, 11) is -4.67. The standard InChI is InChI=1S/C22H21ClF3N5O4S/c1-13-6-7-17(29-21(33)14(2)31-20(32)9-15(23)12-28-31)10-18(13)36(34,35)30-19(22(24,25)26)11-16-5-3-4-8-27-16/h3-10,12,14,19,30H,11H2,1-2H3,(H,29,33)/t14-,19+/m0/s1. The zero-order chi connectivity index (χ0) is 26.7. The van der Waals surface area contributed by atoms with Gasteiger partial charge in [-0.1, -0.05) is 23.7 Å². The van der Waals surface area contributed by atoms with Gasteiger partial charge in [-0.2, -0.15) is 23.0 Å². The average molecular weight is 544 g/mol. The number of sulfonamides is 1. The Morgan fingerprint density at radius 3 is 2.53 bits per heavy atom. The van der Waals surface area contributed by atoms with E-state index in [-0.39, 0.29) is 22.0 Å². The van der Waals surface area contributed by atoms with Crippen LogP contribution in [0.5, 0.6) is 0 Å². The van der Waals surface area contributed by atoms with Gasteiger partial charge in [-0.3, -0.25) is 14.6 Å². The number of aryl methyl sites for hydroxylation is 1. The number of alkyl halides is 3. The Labute approximate surface area is 209 Å². The quantitative estimate of drug-likeness (QED) is 0.449. The molecule has 3 aromatic rings. The first-order chi connectivity index (χ1) is 16.8. The normalized spacial score (nSPS) is 13.7. The van der Waals surface area contributed by atoms with Gasteiger partial charge in [-0.15, -0.1) is 0 Å². The number of hydrogen-bond donors (Lipinski definition) is 2. The summed E-state index contributed by atoms with van der Waals surface area (Å²) in [5, 5.41) is 6.33. The molecule has 2 heterocycles. The number of nitrogens with one attached hydrogen (secondary N) is 2. The number of carbonyl (C=O) groups is 1. The number of benzene rings is 1. The van der Waals surface area contributed by atoms with Gasteiger partial charge in [0.25, 0.3) is 5.56 Å². The van der Waals surface area contributed by atoms with Crippen molar-refractivity contribution in [3.05, 3.63) is 81.5 Å². The number of pyridine rings is 1. The monoisotopic (exact) mass is 543 g/mol. The van der Waals surface area contributed by atoms with E-state index in [9.17, 15) is 31.2 Å². The number of hydrogen-bond acceptors (Lipinski definition) is 6. The Bertz CT molecular complexity index is 1420. The minimum absolute atomic E-state index is 0.00637. The summed E-state index contributed by atoms with van der Waals surface area (Å²) >= 11 is 5.70. The van der Waals surface area contributed by atoms with Crippen LogP contribution in [0.15, 0.2) is 64.5 Å². The van der Waals surface area contributed by atoms with Crippen LogP contribution < -0.4 is 15.6 Å². The molecule has 0 radical (unpaired) electrons. The predicted molar refractivity (Wildman–Crippen MR) is 126 cm³/mol. The van der Waals surface area contributed by atoms with Gasteiger partial charge in [0.2, 0.25) is 15.9 Å². The zero-order valence-corrected chi connectivity index (χ0v) is 20.5. The first-order valence-corrected chi connectivity index (χ1v) is 12.3. The maximum atomic E-state index is 13.7. The molecule has 9 nitrogen and oxygen atoms in total. The number of carbonyl (C=O) groups excluding carboxylic acids is 1. The molecule has 0 saturated carbocycles. The van der Waals surface area contributed by atoms with Gasteiger partial charge in [-0.05, 0) is 43.7 Å². The van der Waals surface area contributed by atoms with Crippen LogP contribution in [0.4, 0.5) is 18.9 Å². The lowest BCUT2D eigenvalue weighted by molar-refractivity contribution is -0.151. The lowest BCUT2D eigenvalue weighted by Gasteiger charge is -2.22. The summed E-state index contributed by atoms with van der Waals surface area (Å²) in [6.45, 7) is 2.79. The third kappa shape index (κ3) is 6.68. The second kappa shape index (κ2) is 10.8. The van der Waals surface area contributed by atoms with E-state index >= 15 is 0 Å². The summed E-state index contributed by atoms with van der Waals surface area (Å²) in [5.74, 6) is -0.713. The Kier molecular flexibility index (Phi) is 8.16. The van der Waals surface area contributed by atoms with Crippen molar-refractivity contribution in [1.29, 1.82) is 0 Å². The summed E-state index contributed by atoms with van der Waals surface area (Å²) in [6.07, 6.45) is -3.11. The number of anilines is 1. The van der Waals surface area contributed by atoms with Crippen molar-refractivity contribution in [2.75, 3.05) is 5.32 Å². The molecule has 0 spiro atoms. The smallest absolute Gasteiger partial charge is 0.324 e. The third-order valence-corrected chi connectivity index (χ3v) is 6.94. The SMILES string of the molecule is Cc1ccc(NC(=O)[C@H](C)n2ncc(Cl)cc2=O)cc1S(=O)(=O)N[C@H](Cc1ccccn1)C(F)(F)F. The Hall–Kier alpha value is -3.29. The Morgan fingerprint density at radius 2 is 1.92 bits per heavy atom. The molecular weight excluding hydrogens is 523 g/mol. The van der Waals surface area contributed by atoms with E-state index in [1.165, 1.54) is 56.6 Å². The Morgan fingerprint density at radius 1 is 1.19 bits per heavy atom. The molecule has 36 heavy (non-hydrogen) atoms. The molecule has 2 N–H and O–H groups in total. The van der Waals surface area contributed by atoms with Gasteiger partial charge in [0.1, 0.15) is 12.1 Å². The molecule has 1 aromatic carbocycles. The second-order valence-corrected chi connectivity index (χ2v) is 9.96.